The minimum absolute atomic E-state index is 0.605. The van der Waals surface area contributed by atoms with Gasteiger partial charge in [-0.25, -0.2) is 0 Å². The first-order valence-electron chi connectivity index (χ1n) is 6.69. The predicted octanol–water partition coefficient (Wildman–Crippen LogP) is 4.70. The Morgan fingerprint density at radius 1 is 0.842 bits per heavy atom. The quantitative estimate of drug-likeness (QED) is 0.757. The van der Waals surface area contributed by atoms with Gasteiger partial charge in [-0.05, 0) is 57.3 Å². The van der Waals surface area contributed by atoms with Crippen LogP contribution in [0.3, 0.4) is 0 Å². The van der Waals surface area contributed by atoms with Gasteiger partial charge in [0.2, 0.25) is 0 Å². The van der Waals surface area contributed by atoms with Crippen molar-refractivity contribution in [1.82, 2.24) is 5.32 Å². The molecule has 1 N–H and O–H groups in total. The summed E-state index contributed by atoms with van der Waals surface area (Å²) in [7, 11) is 0. The van der Waals surface area contributed by atoms with E-state index < -0.39 is 0 Å². The Hall–Kier alpha value is -0.870. The number of benzene rings is 2. The normalized spacial score (nSPS) is 10.9. The summed E-state index contributed by atoms with van der Waals surface area (Å²) in [6.45, 7) is 6.29. The smallest absolute Gasteiger partial charge is 0.0208 e. The van der Waals surface area contributed by atoms with Crippen molar-refractivity contribution in [2.24, 2.45) is 0 Å². The van der Waals surface area contributed by atoms with Gasteiger partial charge in [0.15, 0.2) is 0 Å². The Morgan fingerprint density at radius 3 is 1.79 bits per heavy atom. The lowest BCUT2D eigenvalue weighted by Crippen LogP contribution is -2.12. The molecule has 2 heteroatoms. The summed E-state index contributed by atoms with van der Waals surface area (Å²) in [5.41, 5.74) is 4.08. The third-order valence-electron chi connectivity index (χ3n) is 3.22. The molecule has 0 aliphatic rings. The molecule has 0 saturated heterocycles. The molecule has 2 aromatic carbocycles. The maximum absolute atomic E-state index is 3.48. The van der Waals surface area contributed by atoms with E-state index in [1.807, 2.05) is 0 Å². The second-order valence-electron chi connectivity index (χ2n) is 5.13. The monoisotopic (exact) mass is 365 g/mol. The van der Waals surface area contributed by atoms with Crippen LogP contribution in [0.15, 0.2) is 48.5 Å². The van der Waals surface area contributed by atoms with Gasteiger partial charge in [-0.15, -0.1) is 0 Å². The Kier molecular flexibility index (Phi) is 5.40. The molecule has 0 aliphatic carbocycles. The molecule has 0 saturated carbocycles. The Morgan fingerprint density at radius 2 is 1.32 bits per heavy atom. The summed E-state index contributed by atoms with van der Waals surface area (Å²) < 4.78 is 1.28. The lowest BCUT2D eigenvalue weighted by atomic mass is 10.0. The molecule has 1 nitrogen and oxygen atoms in total. The highest BCUT2D eigenvalue weighted by molar-refractivity contribution is 14.1. The molecular weight excluding hydrogens is 345 g/mol. The first-order valence-corrected chi connectivity index (χ1v) is 7.77. The van der Waals surface area contributed by atoms with Gasteiger partial charge >= 0.3 is 0 Å². The molecule has 0 heterocycles. The topological polar surface area (TPSA) is 12.0 Å². The van der Waals surface area contributed by atoms with Gasteiger partial charge in [-0.3, -0.25) is 0 Å². The van der Waals surface area contributed by atoms with E-state index in [4.69, 9.17) is 0 Å². The Balaban J connectivity index is 1.83. The van der Waals surface area contributed by atoms with Crippen LogP contribution in [0, 0.1) is 3.57 Å². The van der Waals surface area contributed by atoms with Crippen LogP contribution in [0.2, 0.25) is 0 Å². The largest absolute Gasteiger partial charge is 0.309 e. The third kappa shape index (κ3) is 4.62. The average Bonchev–Trinajstić information content (AvgIpc) is 2.41. The SMILES string of the molecule is CC(C)c1ccc(CNCc2ccc(I)cc2)cc1. The molecule has 2 aromatic rings. The Labute approximate surface area is 129 Å². The van der Waals surface area contributed by atoms with Gasteiger partial charge in [0.05, 0.1) is 0 Å². The van der Waals surface area contributed by atoms with E-state index in [1.165, 1.54) is 20.3 Å². The van der Waals surface area contributed by atoms with Crippen LogP contribution in [0.25, 0.3) is 0 Å². The predicted molar refractivity (Wildman–Crippen MR) is 90.2 cm³/mol. The molecule has 19 heavy (non-hydrogen) atoms. The minimum Gasteiger partial charge on any atom is -0.309 e. The van der Waals surface area contributed by atoms with Crippen molar-refractivity contribution < 1.29 is 0 Å². The third-order valence-corrected chi connectivity index (χ3v) is 3.94. The van der Waals surface area contributed by atoms with E-state index >= 15 is 0 Å². The molecule has 100 valence electrons. The molecule has 0 aromatic heterocycles. The summed E-state index contributed by atoms with van der Waals surface area (Å²) in [4.78, 5) is 0. The maximum atomic E-state index is 3.48. The highest BCUT2D eigenvalue weighted by Crippen LogP contribution is 2.14. The van der Waals surface area contributed by atoms with Crippen molar-refractivity contribution >= 4 is 22.6 Å². The number of hydrogen-bond acceptors (Lipinski definition) is 1. The molecule has 0 aliphatic heterocycles. The van der Waals surface area contributed by atoms with E-state index in [1.54, 1.807) is 0 Å². The molecule has 0 spiro atoms. The van der Waals surface area contributed by atoms with Gasteiger partial charge in [0.1, 0.15) is 0 Å². The van der Waals surface area contributed by atoms with Crippen LogP contribution in [-0.4, -0.2) is 0 Å². The fraction of sp³-hybridized carbons (Fsp3) is 0.294. The molecular formula is C17H20IN. The molecule has 0 amide bonds. The van der Waals surface area contributed by atoms with E-state index in [2.05, 4.69) is 90.3 Å². The minimum atomic E-state index is 0.605. The van der Waals surface area contributed by atoms with E-state index in [9.17, 15) is 0 Å². The number of nitrogens with one attached hydrogen (secondary N) is 1. The van der Waals surface area contributed by atoms with Crippen LogP contribution < -0.4 is 5.32 Å². The lowest BCUT2D eigenvalue weighted by molar-refractivity contribution is 0.692. The highest BCUT2D eigenvalue weighted by atomic mass is 127. The van der Waals surface area contributed by atoms with E-state index in [-0.39, 0.29) is 0 Å². The zero-order valence-electron chi connectivity index (χ0n) is 11.5. The van der Waals surface area contributed by atoms with Gasteiger partial charge in [0.25, 0.3) is 0 Å². The number of rotatable bonds is 5. The second kappa shape index (κ2) is 7.06. The van der Waals surface area contributed by atoms with Crippen LogP contribution in [0.4, 0.5) is 0 Å². The number of hydrogen-bond donors (Lipinski definition) is 1. The van der Waals surface area contributed by atoms with Gasteiger partial charge < -0.3 is 5.32 Å². The van der Waals surface area contributed by atoms with Crippen LogP contribution in [-0.2, 0) is 13.1 Å². The van der Waals surface area contributed by atoms with Crippen LogP contribution >= 0.6 is 22.6 Å². The van der Waals surface area contributed by atoms with Gasteiger partial charge in [0, 0.05) is 16.7 Å². The van der Waals surface area contributed by atoms with Gasteiger partial charge in [-0.1, -0.05) is 50.2 Å². The molecule has 0 bridgehead atoms. The highest BCUT2D eigenvalue weighted by Gasteiger charge is 1.99. The molecule has 2 rings (SSSR count). The van der Waals surface area contributed by atoms with Crippen molar-refractivity contribution in [3.63, 3.8) is 0 Å². The zero-order valence-corrected chi connectivity index (χ0v) is 13.6. The van der Waals surface area contributed by atoms with Crippen LogP contribution in [0.5, 0.6) is 0 Å². The van der Waals surface area contributed by atoms with Crippen molar-refractivity contribution in [3.8, 4) is 0 Å². The summed E-state index contributed by atoms with van der Waals surface area (Å²) >= 11 is 2.33. The number of halogens is 1. The molecule has 0 unspecified atom stereocenters. The molecule has 0 atom stereocenters. The van der Waals surface area contributed by atoms with Crippen molar-refractivity contribution in [3.05, 3.63) is 68.8 Å². The van der Waals surface area contributed by atoms with Gasteiger partial charge in [-0.2, -0.15) is 0 Å². The molecule has 0 fully saturated rings. The average molecular weight is 365 g/mol. The summed E-state index contributed by atoms with van der Waals surface area (Å²) in [5.74, 6) is 0.605. The second-order valence-corrected chi connectivity index (χ2v) is 6.37. The van der Waals surface area contributed by atoms with Crippen molar-refractivity contribution in [1.29, 1.82) is 0 Å². The van der Waals surface area contributed by atoms with E-state index in [0.29, 0.717) is 5.92 Å². The van der Waals surface area contributed by atoms with E-state index in [0.717, 1.165) is 13.1 Å². The zero-order chi connectivity index (χ0) is 13.7. The summed E-state index contributed by atoms with van der Waals surface area (Å²) in [6.07, 6.45) is 0. The maximum Gasteiger partial charge on any atom is 0.0208 e. The Bertz CT molecular complexity index is 500. The standard InChI is InChI=1S/C17H20IN/c1-13(2)16-7-3-14(4-8-16)11-19-12-15-5-9-17(18)10-6-15/h3-10,13,19H,11-12H2,1-2H3. The first kappa shape index (κ1) is 14.5. The first-order chi connectivity index (χ1) is 9.15. The fourth-order valence-corrected chi connectivity index (χ4v) is 2.33. The fourth-order valence-electron chi connectivity index (χ4n) is 1.97. The van der Waals surface area contributed by atoms with Crippen molar-refractivity contribution in [2.75, 3.05) is 0 Å². The summed E-state index contributed by atoms with van der Waals surface area (Å²) in [6, 6.07) is 17.5. The molecule has 0 radical (unpaired) electrons. The summed E-state index contributed by atoms with van der Waals surface area (Å²) in [5, 5.41) is 3.48. The lowest BCUT2D eigenvalue weighted by Gasteiger charge is -2.08. The van der Waals surface area contributed by atoms with Crippen molar-refractivity contribution in [2.45, 2.75) is 32.9 Å². The van der Waals surface area contributed by atoms with Crippen LogP contribution in [0.1, 0.15) is 36.5 Å².